The monoisotopic (exact) mass is 231 g/mol. The molecule has 1 aromatic carbocycles. The van der Waals surface area contributed by atoms with Gasteiger partial charge in [-0.25, -0.2) is 0 Å². The van der Waals surface area contributed by atoms with Crippen molar-refractivity contribution in [2.45, 2.75) is 19.0 Å². The summed E-state index contributed by atoms with van der Waals surface area (Å²) in [4.78, 5) is 0. The number of nitrogens with zero attached hydrogens (tertiary/aromatic N) is 1. The summed E-state index contributed by atoms with van der Waals surface area (Å²) in [6.45, 7) is 0.821. The van der Waals surface area contributed by atoms with Gasteiger partial charge in [0.2, 0.25) is 0 Å². The average Bonchev–Trinajstić information content (AvgIpc) is 2.89. The molecule has 0 aliphatic heterocycles. The van der Waals surface area contributed by atoms with Crippen LogP contribution in [0.15, 0.2) is 42.6 Å². The largest absolute Gasteiger partial charge is 0.395 e. The maximum Gasteiger partial charge on any atom is 0.0588 e. The standard InChI is InChI=1S/C13H17N3O/c17-10-13(8-11-4-2-1-3-5-11)14-9-12-6-7-15-16-12/h1-7,13-14,17H,8-10H2,(H,15,16)/t13-/m0/s1. The number of hydrogen-bond acceptors (Lipinski definition) is 3. The molecule has 0 saturated heterocycles. The van der Waals surface area contributed by atoms with Gasteiger partial charge in [0.25, 0.3) is 0 Å². The number of aromatic amines is 1. The van der Waals surface area contributed by atoms with Crippen LogP contribution >= 0.6 is 0 Å². The fourth-order valence-corrected chi connectivity index (χ4v) is 1.74. The summed E-state index contributed by atoms with van der Waals surface area (Å²) >= 11 is 0. The minimum absolute atomic E-state index is 0.0701. The molecule has 0 bridgehead atoms. The van der Waals surface area contributed by atoms with Crippen LogP contribution in [0.25, 0.3) is 0 Å². The third kappa shape index (κ3) is 3.69. The van der Waals surface area contributed by atoms with Crippen LogP contribution in [0.2, 0.25) is 0 Å². The van der Waals surface area contributed by atoms with Crippen molar-refractivity contribution in [3.8, 4) is 0 Å². The summed E-state index contributed by atoms with van der Waals surface area (Å²) in [6, 6.07) is 12.2. The molecule has 90 valence electrons. The molecule has 4 heteroatoms. The number of hydrogen-bond donors (Lipinski definition) is 3. The van der Waals surface area contributed by atoms with Crippen LogP contribution in [0.3, 0.4) is 0 Å². The second kappa shape index (κ2) is 6.18. The van der Waals surface area contributed by atoms with Gasteiger partial charge in [0.1, 0.15) is 0 Å². The quantitative estimate of drug-likeness (QED) is 0.697. The van der Waals surface area contributed by atoms with Crippen LogP contribution in [0.5, 0.6) is 0 Å². The molecule has 0 fully saturated rings. The highest BCUT2D eigenvalue weighted by molar-refractivity contribution is 5.16. The summed E-state index contributed by atoms with van der Waals surface area (Å²) in [5.74, 6) is 0. The highest BCUT2D eigenvalue weighted by Gasteiger charge is 2.07. The number of aliphatic hydroxyl groups excluding tert-OH is 1. The van der Waals surface area contributed by atoms with E-state index >= 15 is 0 Å². The van der Waals surface area contributed by atoms with Gasteiger partial charge >= 0.3 is 0 Å². The van der Waals surface area contributed by atoms with E-state index in [9.17, 15) is 5.11 Å². The maximum atomic E-state index is 9.33. The first kappa shape index (κ1) is 11.8. The smallest absolute Gasteiger partial charge is 0.0588 e. The number of aromatic nitrogens is 2. The Morgan fingerprint density at radius 3 is 2.71 bits per heavy atom. The summed E-state index contributed by atoms with van der Waals surface area (Å²) in [5.41, 5.74) is 2.25. The SMILES string of the molecule is OC[C@H](Cc1ccccc1)NCc1ccn[nH]1. The summed E-state index contributed by atoms with van der Waals surface area (Å²) < 4.78 is 0. The number of H-pyrrole nitrogens is 1. The maximum absolute atomic E-state index is 9.33. The summed E-state index contributed by atoms with van der Waals surface area (Å²) in [5, 5.41) is 19.4. The first-order valence-electron chi connectivity index (χ1n) is 5.75. The number of aliphatic hydroxyl groups is 1. The van der Waals surface area contributed by atoms with E-state index in [1.54, 1.807) is 6.20 Å². The van der Waals surface area contributed by atoms with E-state index in [4.69, 9.17) is 0 Å². The number of rotatable bonds is 6. The molecule has 1 aromatic heterocycles. The predicted molar refractivity (Wildman–Crippen MR) is 66.4 cm³/mol. The normalized spacial score (nSPS) is 12.5. The first-order chi connectivity index (χ1) is 8.38. The summed E-state index contributed by atoms with van der Waals surface area (Å²) in [7, 11) is 0. The van der Waals surface area contributed by atoms with Crippen LogP contribution in [-0.4, -0.2) is 28.0 Å². The topological polar surface area (TPSA) is 60.9 Å². The van der Waals surface area contributed by atoms with Gasteiger partial charge in [-0.1, -0.05) is 30.3 Å². The van der Waals surface area contributed by atoms with Crippen molar-refractivity contribution in [2.75, 3.05) is 6.61 Å². The minimum Gasteiger partial charge on any atom is -0.395 e. The van der Waals surface area contributed by atoms with Crippen molar-refractivity contribution in [3.63, 3.8) is 0 Å². The molecule has 3 N–H and O–H groups in total. The molecule has 2 aromatic rings. The Morgan fingerprint density at radius 1 is 1.24 bits per heavy atom. The molecule has 0 aliphatic carbocycles. The zero-order valence-corrected chi connectivity index (χ0v) is 9.63. The van der Waals surface area contributed by atoms with Crippen LogP contribution in [0.4, 0.5) is 0 Å². The van der Waals surface area contributed by atoms with E-state index in [1.165, 1.54) is 5.56 Å². The lowest BCUT2D eigenvalue weighted by Crippen LogP contribution is -2.34. The van der Waals surface area contributed by atoms with E-state index < -0.39 is 0 Å². The fraction of sp³-hybridized carbons (Fsp3) is 0.308. The Morgan fingerprint density at radius 2 is 2.06 bits per heavy atom. The predicted octanol–water partition coefficient (Wildman–Crippen LogP) is 1.10. The lowest BCUT2D eigenvalue weighted by atomic mass is 10.1. The van der Waals surface area contributed by atoms with Crippen molar-refractivity contribution in [1.82, 2.24) is 15.5 Å². The van der Waals surface area contributed by atoms with Crippen LogP contribution in [0.1, 0.15) is 11.3 Å². The average molecular weight is 231 g/mol. The molecule has 0 radical (unpaired) electrons. The zero-order chi connectivity index (χ0) is 11.9. The van der Waals surface area contributed by atoms with Crippen molar-refractivity contribution < 1.29 is 5.11 Å². The Balaban J connectivity index is 1.85. The molecule has 17 heavy (non-hydrogen) atoms. The Hall–Kier alpha value is -1.65. The number of benzene rings is 1. The molecular weight excluding hydrogens is 214 g/mol. The highest BCUT2D eigenvalue weighted by atomic mass is 16.3. The molecule has 1 atom stereocenters. The van der Waals surface area contributed by atoms with E-state index in [0.29, 0.717) is 6.54 Å². The molecule has 0 aliphatic rings. The van der Waals surface area contributed by atoms with E-state index in [1.807, 2.05) is 24.3 Å². The first-order valence-corrected chi connectivity index (χ1v) is 5.75. The van der Waals surface area contributed by atoms with Crippen molar-refractivity contribution in [1.29, 1.82) is 0 Å². The molecule has 0 saturated carbocycles. The van der Waals surface area contributed by atoms with E-state index in [2.05, 4.69) is 27.6 Å². The zero-order valence-electron chi connectivity index (χ0n) is 9.63. The van der Waals surface area contributed by atoms with Crippen LogP contribution < -0.4 is 5.32 Å². The van der Waals surface area contributed by atoms with Gasteiger partial charge in [-0.3, -0.25) is 5.10 Å². The van der Waals surface area contributed by atoms with Crippen molar-refractivity contribution >= 4 is 0 Å². The molecule has 0 unspecified atom stereocenters. The third-order valence-electron chi connectivity index (χ3n) is 2.68. The van der Waals surface area contributed by atoms with Gasteiger partial charge in [0.15, 0.2) is 0 Å². The molecule has 2 rings (SSSR count). The Kier molecular flexibility index (Phi) is 4.30. The molecule has 0 spiro atoms. The van der Waals surface area contributed by atoms with Gasteiger partial charge in [0, 0.05) is 24.5 Å². The second-order valence-corrected chi connectivity index (χ2v) is 4.03. The number of nitrogens with one attached hydrogen (secondary N) is 2. The highest BCUT2D eigenvalue weighted by Crippen LogP contribution is 2.03. The lowest BCUT2D eigenvalue weighted by molar-refractivity contribution is 0.240. The second-order valence-electron chi connectivity index (χ2n) is 4.03. The van der Waals surface area contributed by atoms with E-state index in [0.717, 1.165) is 12.1 Å². The fourth-order valence-electron chi connectivity index (χ4n) is 1.74. The summed E-state index contributed by atoms with van der Waals surface area (Å²) in [6.07, 6.45) is 2.55. The molecule has 1 heterocycles. The van der Waals surface area contributed by atoms with Gasteiger partial charge in [-0.05, 0) is 18.1 Å². The molecular formula is C13H17N3O. The van der Waals surface area contributed by atoms with Crippen LogP contribution in [-0.2, 0) is 13.0 Å². The molecule has 4 nitrogen and oxygen atoms in total. The van der Waals surface area contributed by atoms with Gasteiger partial charge < -0.3 is 10.4 Å². The minimum atomic E-state index is 0.0701. The van der Waals surface area contributed by atoms with Gasteiger partial charge in [0.05, 0.1) is 6.61 Å². The van der Waals surface area contributed by atoms with Gasteiger partial charge in [-0.2, -0.15) is 5.10 Å². The Bertz CT molecular complexity index is 413. The lowest BCUT2D eigenvalue weighted by Gasteiger charge is -2.15. The Labute approximate surface area is 101 Å². The van der Waals surface area contributed by atoms with E-state index in [-0.39, 0.29) is 12.6 Å². The molecule has 0 amide bonds. The third-order valence-corrected chi connectivity index (χ3v) is 2.68. The van der Waals surface area contributed by atoms with Crippen LogP contribution in [0, 0.1) is 0 Å². The van der Waals surface area contributed by atoms with Crippen molar-refractivity contribution in [3.05, 3.63) is 53.9 Å². The van der Waals surface area contributed by atoms with Gasteiger partial charge in [-0.15, -0.1) is 0 Å². The van der Waals surface area contributed by atoms with Crippen molar-refractivity contribution in [2.24, 2.45) is 0 Å².